The molecular formula is C20H28N2O. The highest BCUT2D eigenvalue weighted by atomic mass is 16.2. The highest BCUT2D eigenvalue weighted by Crippen LogP contribution is 2.48. The van der Waals surface area contributed by atoms with Crippen LogP contribution in [0.3, 0.4) is 0 Å². The number of benzene rings is 1. The SMILES string of the molecule is C[C@H]1CCCN1CC1C[C@@H]1c1ccc(N2CCCCC2=O)cc1. The van der Waals surface area contributed by atoms with Gasteiger partial charge in [0.15, 0.2) is 0 Å². The number of carbonyl (C=O) groups is 1. The van der Waals surface area contributed by atoms with Crippen molar-refractivity contribution in [2.24, 2.45) is 5.92 Å². The summed E-state index contributed by atoms with van der Waals surface area (Å²) in [5.41, 5.74) is 2.55. The zero-order valence-electron chi connectivity index (χ0n) is 14.2. The molecule has 3 heteroatoms. The Labute approximate surface area is 139 Å². The van der Waals surface area contributed by atoms with Gasteiger partial charge in [0.2, 0.25) is 5.91 Å². The zero-order chi connectivity index (χ0) is 15.8. The molecular weight excluding hydrogens is 284 g/mol. The van der Waals surface area contributed by atoms with Gasteiger partial charge in [0, 0.05) is 31.2 Å². The smallest absolute Gasteiger partial charge is 0.226 e. The number of carbonyl (C=O) groups excluding carboxylic acids is 1. The fourth-order valence-electron chi connectivity index (χ4n) is 4.40. The van der Waals surface area contributed by atoms with Crippen LogP contribution >= 0.6 is 0 Å². The number of rotatable bonds is 4. The van der Waals surface area contributed by atoms with E-state index in [2.05, 4.69) is 36.1 Å². The third kappa shape index (κ3) is 3.16. The summed E-state index contributed by atoms with van der Waals surface area (Å²) in [5, 5.41) is 0. The summed E-state index contributed by atoms with van der Waals surface area (Å²) in [4.78, 5) is 16.7. The van der Waals surface area contributed by atoms with E-state index in [0.717, 1.165) is 43.0 Å². The van der Waals surface area contributed by atoms with Gasteiger partial charge in [0.1, 0.15) is 0 Å². The van der Waals surface area contributed by atoms with Gasteiger partial charge in [-0.1, -0.05) is 12.1 Å². The van der Waals surface area contributed by atoms with Gasteiger partial charge in [0.25, 0.3) is 0 Å². The Balaban J connectivity index is 1.36. The molecule has 0 spiro atoms. The van der Waals surface area contributed by atoms with Gasteiger partial charge in [-0.25, -0.2) is 0 Å². The molecule has 1 amide bonds. The third-order valence-corrected chi connectivity index (χ3v) is 6.04. The molecule has 1 aromatic rings. The first kappa shape index (κ1) is 15.2. The Bertz CT molecular complexity index is 568. The summed E-state index contributed by atoms with van der Waals surface area (Å²) in [6, 6.07) is 9.62. The molecule has 1 aliphatic carbocycles. The largest absolute Gasteiger partial charge is 0.312 e. The summed E-state index contributed by atoms with van der Waals surface area (Å²) < 4.78 is 0. The number of hydrogen-bond donors (Lipinski definition) is 0. The van der Waals surface area contributed by atoms with E-state index in [-0.39, 0.29) is 5.91 Å². The molecule has 3 aliphatic rings. The number of hydrogen-bond acceptors (Lipinski definition) is 2. The van der Waals surface area contributed by atoms with Gasteiger partial charge in [-0.15, -0.1) is 0 Å². The second-order valence-electron chi connectivity index (χ2n) is 7.68. The van der Waals surface area contributed by atoms with Crippen molar-refractivity contribution in [1.82, 2.24) is 4.90 Å². The zero-order valence-corrected chi connectivity index (χ0v) is 14.2. The van der Waals surface area contributed by atoms with Crippen molar-refractivity contribution >= 4 is 11.6 Å². The molecule has 0 radical (unpaired) electrons. The molecule has 2 aliphatic heterocycles. The molecule has 1 saturated carbocycles. The van der Waals surface area contributed by atoms with E-state index in [1.165, 1.54) is 37.9 Å². The predicted molar refractivity (Wildman–Crippen MR) is 93.8 cm³/mol. The second-order valence-corrected chi connectivity index (χ2v) is 7.68. The number of anilines is 1. The van der Waals surface area contributed by atoms with E-state index in [9.17, 15) is 4.79 Å². The van der Waals surface area contributed by atoms with Gasteiger partial charge in [-0.05, 0) is 75.1 Å². The Kier molecular flexibility index (Phi) is 4.14. The quantitative estimate of drug-likeness (QED) is 0.844. The number of likely N-dealkylation sites (tertiary alicyclic amines) is 1. The van der Waals surface area contributed by atoms with Crippen molar-refractivity contribution < 1.29 is 4.79 Å². The van der Waals surface area contributed by atoms with Crippen LogP contribution in [0.5, 0.6) is 0 Å². The van der Waals surface area contributed by atoms with E-state index < -0.39 is 0 Å². The van der Waals surface area contributed by atoms with Crippen molar-refractivity contribution in [3.8, 4) is 0 Å². The van der Waals surface area contributed by atoms with E-state index >= 15 is 0 Å². The van der Waals surface area contributed by atoms with Gasteiger partial charge in [-0.2, -0.15) is 0 Å². The molecule has 3 fully saturated rings. The summed E-state index contributed by atoms with van der Waals surface area (Å²) in [6.07, 6.45) is 6.97. The second kappa shape index (κ2) is 6.27. The Morgan fingerprint density at radius 2 is 1.91 bits per heavy atom. The Hall–Kier alpha value is -1.35. The summed E-state index contributed by atoms with van der Waals surface area (Å²) in [6.45, 7) is 5.82. The van der Waals surface area contributed by atoms with E-state index in [1.54, 1.807) is 0 Å². The minimum absolute atomic E-state index is 0.288. The Morgan fingerprint density at radius 3 is 2.61 bits per heavy atom. The molecule has 0 N–H and O–H groups in total. The fourth-order valence-corrected chi connectivity index (χ4v) is 4.40. The highest BCUT2D eigenvalue weighted by Gasteiger charge is 2.40. The first-order chi connectivity index (χ1) is 11.2. The van der Waals surface area contributed by atoms with Crippen molar-refractivity contribution in [1.29, 1.82) is 0 Å². The first-order valence-electron chi connectivity index (χ1n) is 9.37. The maximum Gasteiger partial charge on any atom is 0.226 e. The lowest BCUT2D eigenvalue weighted by Crippen LogP contribution is -2.35. The molecule has 3 atom stereocenters. The molecule has 124 valence electrons. The van der Waals surface area contributed by atoms with Crippen LogP contribution in [0.1, 0.15) is 56.9 Å². The van der Waals surface area contributed by atoms with Crippen molar-refractivity contribution in [3.05, 3.63) is 29.8 Å². The lowest BCUT2D eigenvalue weighted by molar-refractivity contribution is -0.119. The number of piperidine rings is 1. The predicted octanol–water partition coefficient (Wildman–Crippen LogP) is 3.79. The van der Waals surface area contributed by atoms with Gasteiger partial charge >= 0.3 is 0 Å². The average Bonchev–Trinajstić information content (AvgIpc) is 3.22. The van der Waals surface area contributed by atoms with Crippen molar-refractivity contribution in [2.45, 2.75) is 57.4 Å². The minimum Gasteiger partial charge on any atom is -0.312 e. The maximum atomic E-state index is 12.0. The third-order valence-electron chi connectivity index (χ3n) is 6.04. The van der Waals surface area contributed by atoms with Gasteiger partial charge < -0.3 is 9.80 Å². The lowest BCUT2D eigenvalue weighted by atomic mass is 10.1. The highest BCUT2D eigenvalue weighted by molar-refractivity contribution is 5.93. The molecule has 0 bridgehead atoms. The molecule has 23 heavy (non-hydrogen) atoms. The van der Waals surface area contributed by atoms with E-state index in [1.807, 2.05) is 4.90 Å². The van der Waals surface area contributed by atoms with Gasteiger partial charge in [-0.3, -0.25) is 4.79 Å². The minimum atomic E-state index is 0.288. The van der Waals surface area contributed by atoms with Crippen LogP contribution in [0.2, 0.25) is 0 Å². The average molecular weight is 312 g/mol. The fraction of sp³-hybridized carbons (Fsp3) is 0.650. The molecule has 4 rings (SSSR count). The standard InChI is InChI=1S/C20H28N2O/c1-15-5-4-11-21(15)14-17-13-19(17)16-7-9-18(10-8-16)22-12-3-2-6-20(22)23/h7-10,15,17,19H,2-6,11-14H2,1H3/t15-,17?,19+/m0/s1. The van der Waals surface area contributed by atoms with Crippen LogP contribution in [0.15, 0.2) is 24.3 Å². The van der Waals surface area contributed by atoms with Crippen LogP contribution in [0, 0.1) is 5.92 Å². The van der Waals surface area contributed by atoms with Crippen LogP contribution in [-0.2, 0) is 4.79 Å². The van der Waals surface area contributed by atoms with E-state index in [4.69, 9.17) is 0 Å². The van der Waals surface area contributed by atoms with Gasteiger partial charge in [0.05, 0.1) is 0 Å². The Morgan fingerprint density at radius 1 is 1.09 bits per heavy atom. The monoisotopic (exact) mass is 312 g/mol. The molecule has 3 nitrogen and oxygen atoms in total. The first-order valence-corrected chi connectivity index (χ1v) is 9.37. The molecule has 2 saturated heterocycles. The topological polar surface area (TPSA) is 23.6 Å². The van der Waals surface area contributed by atoms with Crippen LogP contribution < -0.4 is 4.90 Å². The molecule has 1 aromatic carbocycles. The van der Waals surface area contributed by atoms with E-state index in [0.29, 0.717) is 6.42 Å². The number of nitrogens with zero attached hydrogens (tertiary/aromatic N) is 2. The lowest BCUT2D eigenvalue weighted by Gasteiger charge is -2.27. The number of amides is 1. The summed E-state index contributed by atoms with van der Waals surface area (Å²) >= 11 is 0. The van der Waals surface area contributed by atoms with Crippen LogP contribution in [0.25, 0.3) is 0 Å². The van der Waals surface area contributed by atoms with Crippen molar-refractivity contribution in [3.63, 3.8) is 0 Å². The van der Waals surface area contributed by atoms with Crippen LogP contribution in [-0.4, -0.2) is 36.5 Å². The molecule has 0 aromatic heterocycles. The van der Waals surface area contributed by atoms with Crippen molar-refractivity contribution in [2.75, 3.05) is 24.5 Å². The van der Waals surface area contributed by atoms with Crippen LogP contribution in [0.4, 0.5) is 5.69 Å². The normalized spacial score (nSPS) is 31.6. The molecule has 1 unspecified atom stereocenters. The molecule has 2 heterocycles. The maximum absolute atomic E-state index is 12.0. The summed E-state index contributed by atoms with van der Waals surface area (Å²) in [5.74, 6) is 1.88. The summed E-state index contributed by atoms with van der Waals surface area (Å²) in [7, 11) is 0.